The highest BCUT2D eigenvalue weighted by molar-refractivity contribution is 5.91. The van der Waals surface area contributed by atoms with E-state index in [2.05, 4.69) is 75.6 Å². The predicted molar refractivity (Wildman–Crippen MR) is 127 cm³/mol. The van der Waals surface area contributed by atoms with Crippen LogP contribution in [0.3, 0.4) is 0 Å². The lowest BCUT2D eigenvalue weighted by Gasteiger charge is -2.15. The number of likely N-dealkylation sites (tertiary alicyclic amines) is 1. The molecule has 0 bridgehead atoms. The molecule has 7 nitrogen and oxygen atoms in total. The summed E-state index contributed by atoms with van der Waals surface area (Å²) >= 11 is 0. The average molecular weight is 429 g/mol. The predicted octanol–water partition coefficient (Wildman–Crippen LogP) is 3.40. The number of aryl methyl sites for hydroxylation is 1. The standard InChI is InChI=1S/C25H28N6O/c1-17-13-23(25(26)32)28-31(17)22-7-8-24-19(14-22)9-12-30(24)15-18-3-5-20(6-4-18)27-21-10-11-29(2)16-21/h3-9,12-14,21,27H,10-11,15-16H2,1-2H3,(H2,26,32). The molecule has 0 spiro atoms. The molecule has 2 aromatic heterocycles. The smallest absolute Gasteiger partial charge is 0.269 e. The normalized spacial score (nSPS) is 16.6. The fourth-order valence-corrected chi connectivity index (χ4v) is 4.51. The van der Waals surface area contributed by atoms with Crippen molar-refractivity contribution in [3.05, 3.63) is 77.7 Å². The second-order valence-electron chi connectivity index (χ2n) is 8.72. The Morgan fingerprint density at radius 2 is 1.97 bits per heavy atom. The van der Waals surface area contributed by atoms with Gasteiger partial charge >= 0.3 is 0 Å². The highest BCUT2D eigenvalue weighted by Crippen LogP contribution is 2.23. The molecular formula is C25H28N6O. The van der Waals surface area contributed by atoms with Gasteiger partial charge in [-0.15, -0.1) is 0 Å². The molecule has 1 atom stereocenters. The fourth-order valence-electron chi connectivity index (χ4n) is 4.51. The minimum Gasteiger partial charge on any atom is -0.381 e. The number of carbonyl (C=O) groups is 1. The van der Waals surface area contributed by atoms with E-state index in [9.17, 15) is 4.79 Å². The number of primary amides is 1. The lowest BCUT2D eigenvalue weighted by Crippen LogP contribution is -2.23. The van der Waals surface area contributed by atoms with Gasteiger partial charge in [0.2, 0.25) is 0 Å². The average Bonchev–Trinajstić information content (AvgIpc) is 3.48. The highest BCUT2D eigenvalue weighted by Gasteiger charge is 2.18. The number of carbonyl (C=O) groups excluding carboxylic acids is 1. The number of hydrogen-bond donors (Lipinski definition) is 2. The largest absolute Gasteiger partial charge is 0.381 e. The van der Waals surface area contributed by atoms with Crippen LogP contribution in [0, 0.1) is 6.92 Å². The Morgan fingerprint density at radius 3 is 2.66 bits per heavy atom. The van der Waals surface area contributed by atoms with E-state index in [1.807, 2.05) is 13.0 Å². The van der Waals surface area contributed by atoms with Crippen molar-refractivity contribution in [1.29, 1.82) is 0 Å². The number of nitrogens with two attached hydrogens (primary N) is 1. The maximum absolute atomic E-state index is 11.4. The quantitative estimate of drug-likeness (QED) is 0.493. The van der Waals surface area contributed by atoms with E-state index in [1.54, 1.807) is 10.7 Å². The molecule has 1 saturated heterocycles. The van der Waals surface area contributed by atoms with Gasteiger partial charge in [-0.1, -0.05) is 12.1 Å². The van der Waals surface area contributed by atoms with Crippen molar-refractivity contribution in [2.24, 2.45) is 5.73 Å². The van der Waals surface area contributed by atoms with E-state index >= 15 is 0 Å². The van der Waals surface area contributed by atoms with Crippen molar-refractivity contribution in [2.45, 2.75) is 25.9 Å². The van der Waals surface area contributed by atoms with E-state index in [-0.39, 0.29) is 5.69 Å². The first-order valence-corrected chi connectivity index (χ1v) is 11.0. The summed E-state index contributed by atoms with van der Waals surface area (Å²) in [5, 5.41) is 9.10. The summed E-state index contributed by atoms with van der Waals surface area (Å²) in [6.45, 7) is 4.98. The second-order valence-corrected chi connectivity index (χ2v) is 8.72. The summed E-state index contributed by atoms with van der Waals surface area (Å²) in [7, 11) is 2.17. The molecule has 1 fully saturated rings. The van der Waals surface area contributed by atoms with Crippen molar-refractivity contribution in [3.63, 3.8) is 0 Å². The van der Waals surface area contributed by atoms with Crippen LogP contribution in [0.4, 0.5) is 5.69 Å². The zero-order valence-electron chi connectivity index (χ0n) is 18.5. The molecular weight excluding hydrogens is 400 g/mol. The van der Waals surface area contributed by atoms with Gasteiger partial charge in [0.15, 0.2) is 5.69 Å². The number of nitrogens with one attached hydrogen (secondary N) is 1. The summed E-state index contributed by atoms with van der Waals surface area (Å²) in [6.07, 6.45) is 3.30. The lowest BCUT2D eigenvalue weighted by atomic mass is 10.1. The lowest BCUT2D eigenvalue weighted by molar-refractivity contribution is 0.0995. The molecule has 3 N–H and O–H groups in total. The Kier molecular flexibility index (Phi) is 5.19. The molecule has 1 unspecified atom stereocenters. The molecule has 5 rings (SSSR count). The van der Waals surface area contributed by atoms with Gasteiger partial charge < -0.3 is 20.5 Å². The van der Waals surface area contributed by atoms with Gasteiger partial charge in [0.1, 0.15) is 0 Å². The van der Waals surface area contributed by atoms with E-state index in [0.717, 1.165) is 41.9 Å². The molecule has 164 valence electrons. The first kappa shape index (κ1) is 20.3. The molecule has 7 heteroatoms. The number of rotatable bonds is 6. The van der Waals surface area contributed by atoms with Crippen LogP contribution >= 0.6 is 0 Å². The van der Waals surface area contributed by atoms with Crippen LogP contribution in [0.15, 0.2) is 60.8 Å². The van der Waals surface area contributed by atoms with Crippen LogP contribution < -0.4 is 11.1 Å². The Morgan fingerprint density at radius 1 is 1.16 bits per heavy atom. The maximum Gasteiger partial charge on any atom is 0.269 e. The number of hydrogen-bond acceptors (Lipinski definition) is 4. The Bertz CT molecular complexity index is 1270. The number of fused-ring (bicyclic) bond motifs is 1. The minimum absolute atomic E-state index is 0.276. The summed E-state index contributed by atoms with van der Waals surface area (Å²) in [6, 6.07) is 19.3. The Balaban J connectivity index is 1.33. The molecule has 3 heterocycles. The number of nitrogens with zero attached hydrogens (tertiary/aromatic N) is 4. The number of aromatic nitrogens is 3. The third kappa shape index (κ3) is 3.99. The first-order valence-electron chi connectivity index (χ1n) is 11.0. The van der Waals surface area contributed by atoms with Crippen LogP contribution in [-0.2, 0) is 6.54 Å². The fraction of sp³-hybridized carbons (Fsp3) is 0.280. The first-order chi connectivity index (χ1) is 15.5. The highest BCUT2D eigenvalue weighted by atomic mass is 16.1. The zero-order valence-corrected chi connectivity index (χ0v) is 18.5. The molecule has 1 amide bonds. The van der Waals surface area contributed by atoms with Crippen LogP contribution in [-0.4, -0.2) is 51.3 Å². The molecule has 0 radical (unpaired) electrons. The van der Waals surface area contributed by atoms with E-state index < -0.39 is 5.91 Å². The van der Waals surface area contributed by atoms with Gasteiger partial charge in [0, 0.05) is 47.6 Å². The van der Waals surface area contributed by atoms with Crippen LogP contribution in [0.2, 0.25) is 0 Å². The van der Waals surface area contributed by atoms with Crippen molar-refractivity contribution in [3.8, 4) is 5.69 Å². The third-order valence-electron chi connectivity index (χ3n) is 6.21. The van der Waals surface area contributed by atoms with Crippen molar-refractivity contribution in [1.82, 2.24) is 19.2 Å². The molecule has 1 aliphatic heterocycles. The van der Waals surface area contributed by atoms with Crippen LogP contribution in [0.5, 0.6) is 0 Å². The number of benzene rings is 2. The molecule has 32 heavy (non-hydrogen) atoms. The summed E-state index contributed by atoms with van der Waals surface area (Å²) in [5.41, 5.74) is 11.0. The maximum atomic E-state index is 11.4. The summed E-state index contributed by atoms with van der Waals surface area (Å²) < 4.78 is 4.00. The summed E-state index contributed by atoms with van der Waals surface area (Å²) in [4.78, 5) is 13.8. The third-order valence-corrected chi connectivity index (χ3v) is 6.21. The minimum atomic E-state index is -0.518. The van der Waals surface area contributed by atoms with Gasteiger partial charge in [-0.05, 0) is 75.0 Å². The zero-order chi connectivity index (χ0) is 22.2. The van der Waals surface area contributed by atoms with Crippen LogP contribution in [0.1, 0.15) is 28.2 Å². The van der Waals surface area contributed by atoms with E-state index in [1.165, 1.54) is 17.7 Å². The number of likely N-dealkylation sites (N-methyl/N-ethyl adjacent to an activating group) is 1. The Hall–Kier alpha value is -3.58. The number of amides is 1. The Labute approximate surface area is 187 Å². The van der Waals surface area contributed by atoms with E-state index in [0.29, 0.717) is 6.04 Å². The molecule has 2 aromatic carbocycles. The second kappa shape index (κ2) is 8.16. The van der Waals surface area contributed by atoms with Crippen molar-refractivity contribution in [2.75, 3.05) is 25.5 Å². The van der Waals surface area contributed by atoms with Gasteiger partial charge in [-0.3, -0.25) is 4.79 Å². The van der Waals surface area contributed by atoms with Gasteiger partial charge in [0.05, 0.1) is 5.69 Å². The molecule has 0 aliphatic carbocycles. The number of anilines is 1. The monoisotopic (exact) mass is 428 g/mol. The van der Waals surface area contributed by atoms with Crippen molar-refractivity contribution < 1.29 is 4.79 Å². The molecule has 0 saturated carbocycles. The van der Waals surface area contributed by atoms with Gasteiger partial charge in [-0.25, -0.2) is 4.68 Å². The topological polar surface area (TPSA) is 81.1 Å². The molecule has 1 aliphatic rings. The summed E-state index contributed by atoms with van der Waals surface area (Å²) in [5.74, 6) is -0.518. The SMILES string of the molecule is Cc1cc(C(N)=O)nn1-c1ccc2c(ccn2Cc2ccc(NC3CCN(C)C3)cc2)c1. The molecule has 4 aromatic rings. The van der Waals surface area contributed by atoms with Crippen LogP contribution in [0.25, 0.3) is 16.6 Å². The van der Waals surface area contributed by atoms with E-state index in [4.69, 9.17) is 5.73 Å². The van der Waals surface area contributed by atoms with Crippen molar-refractivity contribution >= 4 is 22.5 Å². The van der Waals surface area contributed by atoms with Gasteiger partial charge in [0.25, 0.3) is 5.91 Å². The van der Waals surface area contributed by atoms with Gasteiger partial charge in [-0.2, -0.15) is 5.10 Å².